The van der Waals surface area contributed by atoms with Gasteiger partial charge in [0.2, 0.25) is 0 Å². The average molecular weight is 263 g/mol. The fourth-order valence-electron chi connectivity index (χ4n) is 2.40. The lowest BCUT2D eigenvalue weighted by atomic mass is 10.0. The zero-order valence-electron chi connectivity index (χ0n) is 10.0. The number of pyridine rings is 1. The van der Waals surface area contributed by atoms with Crippen molar-refractivity contribution < 1.29 is 4.74 Å². The molecular weight excluding hydrogens is 248 g/mol. The minimum Gasteiger partial charge on any atom is -0.372 e. The molecule has 1 aliphatic rings. The number of hydrogen-bond donors (Lipinski definition) is 1. The first-order valence-electron chi connectivity index (χ1n) is 6.22. The molecule has 4 heteroatoms. The molecule has 1 fully saturated rings. The Morgan fingerprint density at radius 2 is 2.22 bits per heavy atom. The molecule has 1 unspecified atom stereocenters. The number of para-hydroxylation sites is 1. The van der Waals surface area contributed by atoms with Gasteiger partial charge < -0.3 is 10.1 Å². The number of halogens is 1. The second-order valence-electron chi connectivity index (χ2n) is 4.43. The highest BCUT2D eigenvalue weighted by Crippen LogP contribution is 2.31. The van der Waals surface area contributed by atoms with Gasteiger partial charge in [-0.1, -0.05) is 23.7 Å². The van der Waals surface area contributed by atoms with Crippen LogP contribution >= 0.6 is 11.6 Å². The van der Waals surface area contributed by atoms with E-state index in [9.17, 15) is 0 Å². The summed E-state index contributed by atoms with van der Waals surface area (Å²) in [5.74, 6) is 0. The molecule has 1 atom stereocenters. The van der Waals surface area contributed by atoms with Crippen LogP contribution in [-0.4, -0.2) is 24.7 Å². The predicted octanol–water partition coefficient (Wildman–Crippen LogP) is 2.94. The normalized spacial score (nSPS) is 20.8. The quantitative estimate of drug-likeness (QED) is 0.858. The van der Waals surface area contributed by atoms with Crippen molar-refractivity contribution in [2.75, 3.05) is 19.7 Å². The number of aromatic nitrogens is 1. The Morgan fingerprint density at radius 3 is 3.17 bits per heavy atom. The third kappa shape index (κ3) is 2.21. The molecule has 0 spiro atoms. The Labute approximate surface area is 111 Å². The van der Waals surface area contributed by atoms with E-state index in [1.165, 1.54) is 5.56 Å². The molecule has 0 amide bonds. The first kappa shape index (κ1) is 11.9. The lowest BCUT2D eigenvalue weighted by Crippen LogP contribution is -2.16. The number of ether oxygens (including phenoxy) is 1. The molecule has 18 heavy (non-hydrogen) atoms. The van der Waals surface area contributed by atoms with E-state index in [0.29, 0.717) is 5.02 Å². The van der Waals surface area contributed by atoms with E-state index in [-0.39, 0.29) is 6.10 Å². The van der Waals surface area contributed by atoms with Gasteiger partial charge in [-0.2, -0.15) is 0 Å². The first-order valence-corrected chi connectivity index (χ1v) is 6.59. The van der Waals surface area contributed by atoms with E-state index in [2.05, 4.69) is 16.4 Å². The van der Waals surface area contributed by atoms with Crippen molar-refractivity contribution in [1.82, 2.24) is 10.3 Å². The van der Waals surface area contributed by atoms with Crippen LogP contribution in [0.25, 0.3) is 10.9 Å². The molecule has 1 N–H and O–H groups in total. The lowest BCUT2D eigenvalue weighted by molar-refractivity contribution is 0.0654. The minimum absolute atomic E-state index is 0.129. The summed E-state index contributed by atoms with van der Waals surface area (Å²) in [6.07, 6.45) is 2.92. The lowest BCUT2D eigenvalue weighted by Gasteiger charge is -2.17. The average Bonchev–Trinajstić information content (AvgIpc) is 2.67. The van der Waals surface area contributed by atoms with Crippen molar-refractivity contribution >= 4 is 22.5 Å². The molecule has 0 saturated carbocycles. The molecule has 94 valence electrons. The molecule has 0 aliphatic carbocycles. The second kappa shape index (κ2) is 5.22. The van der Waals surface area contributed by atoms with E-state index in [1.807, 2.05) is 24.4 Å². The smallest absolute Gasteiger partial charge is 0.0891 e. The summed E-state index contributed by atoms with van der Waals surface area (Å²) in [7, 11) is 0. The summed E-state index contributed by atoms with van der Waals surface area (Å²) in [5, 5.41) is 5.13. The highest BCUT2D eigenvalue weighted by molar-refractivity contribution is 6.35. The van der Waals surface area contributed by atoms with Gasteiger partial charge in [0.1, 0.15) is 0 Å². The van der Waals surface area contributed by atoms with E-state index >= 15 is 0 Å². The topological polar surface area (TPSA) is 34.1 Å². The summed E-state index contributed by atoms with van der Waals surface area (Å²) in [6.45, 7) is 2.64. The SMILES string of the molecule is Clc1cccc2c(C3CCNCCO3)ccnc12. The Balaban J connectivity index is 2.08. The highest BCUT2D eigenvalue weighted by atomic mass is 35.5. The Kier molecular flexibility index (Phi) is 3.46. The molecular formula is C14H15ClN2O. The zero-order valence-corrected chi connectivity index (χ0v) is 10.8. The van der Waals surface area contributed by atoms with Crippen LogP contribution < -0.4 is 5.32 Å². The second-order valence-corrected chi connectivity index (χ2v) is 4.84. The summed E-state index contributed by atoms with van der Waals surface area (Å²) in [6, 6.07) is 7.93. The fraction of sp³-hybridized carbons (Fsp3) is 0.357. The molecule has 1 aliphatic heterocycles. The molecule has 1 aromatic heterocycles. The van der Waals surface area contributed by atoms with Crippen LogP contribution in [0.1, 0.15) is 18.1 Å². The van der Waals surface area contributed by atoms with Crippen LogP contribution in [0.3, 0.4) is 0 Å². The minimum atomic E-state index is 0.129. The molecule has 0 radical (unpaired) electrons. The van der Waals surface area contributed by atoms with E-state index in [4.69, 9.17) is 16.3 Å². The van der Waals surface area contributed by atoms with Crippen molar-refractivity contribution in [1.29, 1.82) is 0 Å². The fourth-order valence-corrected chi connectivity index (χ4v) is 2.63. The van der Waals surface area contributed by atoms with Gasteiger partial charge in [-0.3, -0.25) is 4.98 Å². The van der Waals surface area contributed by atoms with Crippen molar-refractivity contribution in [3.05, 3.63) is 41.0 Å². The van der Waals surface area contributed by atoms with E-state index < -0.39 is 0 Å². The van der Waals surface area contributed by atoms with Gasteiger partial charge in [0.25, 0.3) is 0 Å². The largest absolute Gasteiger partial charge is 0.372 e. The van der Waals surface area contributed by atoms with Crippen molar-refractivity contribution in [3.63, 3.8) is 0 Å². The van der Waals surface area contributed by atoms with Crippen LogP contribution in [-0.2, 0) is 4.74 Å². The predicted molar refractivity (Wildman–Crippen MR) is 72.9 cm³/mol. The maximum Gasteiger partial charge on any atom is 0.0891 e. The monoisotopic (exact) mass is 262 g/mol. The third-order valence-corrected chi connectivity index (χ3v) is 3.59. The van der Waals surface area contributed by atoms with Crippen LogP contribution in [0, 0.1) is 0 Å². The van der Waals surface area contributed by atoms with Crippen LogP contribution in [0.4, 0.5) is 0 Å². The molecule has 1 aromatic carbocycles. The van der Waals surface area contributed by atoms with Crippen LogP contribution in [0.15, 0.2) is 30.5 Å². The van der Waals surface area contributed by atoms with Gasteiger partial charge >= 0.3 is 0 Å². The summed E-state index contributed by atoms with van der Waals surface area (Å²) in [4.78, 5) is 4.36. The van der Waals surface area contributed by atoms with Crippen molar-refractivity contribution in [2.24, 2.45) is 0 Å². The number of benzene rings is 1. The molecule has 2 heterocycles. The maximum absolute atomic E-state index is 6.18. The van der Waals surface area contributed by atoms with Crippen molar-refractivity contribution in [3.8, 4) is 0 Å². The number of hydrogen-bond acceptors (Lipinski definition) is 3. The molecule has 3 rings (SSSR count). The van der Waals surface area contributed by atoms with Gasteiger partial charge in [-0.05, 0) is 30.7 Å². The standard InChI is InChI=1S/C14H15ClN2O/c15-12-3-1-2-11-10(4-7-17-14(11)12)13-5-6-16-8-9-18-13/h1-4,7,13,16H,5-6,8-9H2. The number of rotatable bonds is 1. The zero-order chi connectivity index (χ0) is 12.4. The van der Waals surface area contributed by atoms with Crippen LogP contribution in [0.2, 0.25) is 5.02 Å². The van der Waals surface area contributed by atoms with Gasteiger partial charge in [-0.15, -0.1) is 0 Å². The Hall–Kier alpha value is -1.16. The van der Waals surface area contributed by atoms with Crippen molar-refractivity contribution in [2.45, 2.75) is 12.5 Å². The molecule has 2 aromatic rings. The van der Waals surface area contributed by atoms with Gasteiger partial charge in [0.15, 0.2) is 0 Å². The van der Waals surface area contributed by atoms with Gasteiger partial charge in [-0.25, -0.2) is 0 Å². The number of fused-ring (bicyclic) bond motifs is 1. The summed E-state index contributed by atoms with van der Waals surface area (Å²) in [5.41, 5.74) is 2.05. The molecule has 1 saturated heterocycles. The highest BCUT2D eigenvalue weighted by Gasteiger charge is 2.17. The first-order chi connectivity index (χ1) is 8.86. The van der Waals surface area contributed by atoms with Gasteiger partial charge in [0.05, 0.1) is 23.3 Å². The number of nitrogens with one attached hydrogen (secondary N) is 1. The molecule has 3 nitrogen and oxygen atoms in total. The molecule has 0 bridgehead atoms. The maximum atomic E-state index is 6.18. The van der Waals surface area contributed by atoms with Gasteiger partial charge in [0, 0.05) is 18.1 Å². The van der Waals surface area contributed by atoms with Crippen LogP contribution in [0.5, 0.6) is 0 Å². The van der Waals surface area contributed by atoms with E-state index in [1.54, 1.807) is 0 Å². The Bertz CT molecular complexity index is 550. The third-order valence-electron chi connectivity index (χ3n) is 3.28. The Morgan fingerprint density at radius 1 is 1.28 bits per heavy atom. The summed E-state index contributed by atoms with van der Waals surface area (Å²) < 4.78 is 5.90. The summed E-state index contributed by atoms with van der Waals surface area (Å²) >= 11 is 6.18. The number of nitrogens with zero attached hydrogens (tertiary/aromatic N) is 1. The van der Waals surface area contributed by atoms with E-state index in [0.717, 1.165) is 37.0 Å².